The van der Waals surface area contributed by atoms with Crippen LogP contribution in [0.15, 0.2) is 11.6 Å². The minimum atomic E-state index is -1.93. The van der Waals surface area contributed by atoms with E-state index in [-0.39, 0.29) is 35.2 Å². The van der Waals surface area contributed by atoms with E-state index in [0.29, 0.717) is 64.2 Å². The Hall–Kier alpha value is -1.95. The van der Waals surface area contributed by atoms with Crippen LogP contribution in [0.3, 0.4) is 0 Å². The monoisotopic (exact) mass is 1380 g/mol. The largest absolute Gasteiger partial charge is 0.432 e. The highest BCUT2D eigenvalue weighted by Crippen LogP contribution is 2.76. The Bertz CT molecular complexity index is 2690. The van der Waals surface area contributed by atoms with Crippen LogP contribution in [0.4, 0.5) is 0 Å². The molecule has 1 unspecified atom stereocenters. The summed E-state index contributed by atoms with van der Waals surface area (Å²) in [5.74, 6) is -1.11. The molecule has 6 saturated heterocycles. The van der Waals surface area contributed by atoms with Crippen LogP contribution >= 0.6 is 0 Å². The van der Waals surface area contributed by atoms with Crippen LogP contribution in [0.25, 0.3) is 0 Å². The molecular formula is C65H106O31. The van der Waals surface area contributed by atoms with Crippen LogP contribution in [-0.2, 0) is 61.6 Å². The quantitative estimate of drug-likeness (QED) is 0.0392. The highest BCUT2D eigenvalue weighted by atomic mass is 16.8. The maximum Gasteiger partial charge on any atom is 0.315 e. The summed E-state index contributed by atoms with van der Waals surface area (Å²) in [7, 11) is 0. The van der Waals surface area contributed by atoms with Crippen LogP contribution in [-0.4, -0.2) is 315 Å². The molecule has 6 aliphatic heterocycles. The number of rotatable bonds is 16. The molecule has 31 nitrogen and oxygen atoms in total. The topological polar surface area (TPSA) is 492 Å². The van der Waals surface area contributed by atoms with Gasteiger partial charge in [-0.2, -0.15) is 0 Å². The van der Waals surface area contributed by atoms with Crippen LogP contribution in [0.1, 0.15) is 120 Å². The van der Waals surface area contributed by atoms with Gasteiger partial charge in [-0.25, -0.2) is 0 Å². The molecule has 0 amide bonds. The van der Waals surface area contributed by atoms with Crippen molar-refractivity contribution in [3.8, 4) is 0 Å². The lowest BCUT2D eigenvalue weighted by Gasteiger charge is -2.71. The van der Waals surface area contributed by atoms with E-state index in [0.717, 1.165) is 5.57 Å². The Morgan fingerprint density at radius 3 is 1.64 bits per heavy atom. The Kier molecular flexibility index (Phi) is 22.1. The van der Waals surface area contributed by atoms with E-state index in [9.17, 15) is 91.9 Å². The van der Waals surface area contributed by atoms with Crippen molar-refractivity contribution in [3.63, 3.8) is 0 Å². The minimum absolute atomic E-state index is 0.0451. The number of allylic oxidation sites excluding steroid dienone is 2. The first-order chi connectivity index (χ1) is 45.1. The van der Waals surface area contributed by atoms with Gasteiger partial charge in [-0.3, -0.25) is 4.79 Å². The molecule has 552 valence electrons. The van der Waals surface area contributed by atoms with Crippen molar-refractivity contribution in [1.29, 1.82) is 0 Å². The number of aliphatic hydroxyl groups is 18. The van der Waals surface area contributed by atoms with Gasteiger partial charge in [-0.1, -0.05) is 53.2 Å². The van der Waals surface area contributed by atoms with E-state index in [2.05, 4.69) is 40.7 Å². The first-order valence-electron chi connectivity index (χ1n) is 34.1. The predicted octanol–water partition coefficient (Wildman–Crippen LogP) is -4.72. The van der Waals surface area contributed by atoms with Gasteiger partial charge < -0.3 is 149 Å². The molecule has 11 aliphatic rings. The maximum absolute atomic E-state index is 15.3. The van der Waals surface area contributed by atoms with E-state index >= 15 is 4.79 Å². The highest BCUT2D eigenvalue weighted by molar-refractivity contribution is 5.79. The zero-order chi connectivity index (χ0) is 70.0. The van der Waals surface area contributed by atoms with Gasteiger partial charge in [0.2, 0.25) is 6.29 Å². The summed E-state index contributed by atoms with van der Waals surface area (Å²) in [4.78, 5) is 15.3. The average Bonchev–Trinajstić information content (AvgIpc) is 0.675. The van der Waals surface area contributed by atoms with Gasteiger partial charge in [-0.15, -0.1) is 0 Å². The third-order valence-corrected chi connectivity index (χ3v) is 25.3. The Balaban J connectivity index is 0.787. The number of ether oxygens (including phenoxy) is 12. The normalized spacial score (nSPS) is 55.1. The van der Waals surface area contributed by atoms with Gasteiger partial charge in [0.1, 0.15) is 128 Å². The number of hydrogen-bond acceptors (Lipinski definition) is 31. The van der Waals surface area contributed by atoms with Gasteiger partial charge >= 0.3 is 5.97 Å². The summed E-state index contributed by atoms with van der Waals surface area (Å²) < 4.78 is 71.8. The summed E-state index contributed by atoms with van der Waals surface area (Å²) in [6, 6.07) is 0. The standard InChI is InChI=1S/C65H106O31/c1-25-36(69)41(74)46(79)54(87-25)94-51-30(21-67)90-53(50(83)45(51)78)85-22-31-39(72)44(77)49(82)57(91-31)96-59(84)65-17-15-60(3,4)19-28(65)27-9-10-34-61(5)13-12-35(62(6,24-68)33(61)11-14-64(34,8)63(27,7)16-18-65)93-58-52(95-55-47(80)42(75)37(70)26(2)88-55)40(73)32(23-86-58)92-56-48(81)43(76)38(71)29(20-66)89-56/h9,25-26,28-58,66-83H,10-24H2,1-8H3/t25-,26-,28?,29+,30+,31+,32-,33+,34+,35-,36-,37-,38+,39+,40-,41+,42+,43-,44-,45+,46+,47+,48+,49+,50+,51+,52+,53+,54-,55-,56-,57-,58+,61-,62-,63+,64+,65-/m0/s1. The lowest BCUT2D eigenvalue weighted by atomic mass is 9.33. The van der Waals surface area contributed by atoms with Crippen molar-refractivity contribution in [1.82, 2.24) is 0 Å². The number of aliphatic hydroxyl groups excluding tert-OH is 18. The van der Waals surface area contributed by atoms with E-state index < -0.39 is 238 Å². The molecule has 0 aromatic heterocycles. The first kappa shape index (κ1) is 75.2. The average molecular weight is 1380 g/mol. The fourth-order valence-corrected chi connectivity index (χ4v) is 19.0. The van der Waals surface area contributed by atoms with Gasteiger partial charge in [0.15, 0.2) is 31.5 Å². The van der Waals surface area contributed by atoms with Gasteiger partial charge in [0, 0.05) is 5.41 Å². The SMILES string of the molecule is C[C@@H]1O[C@@H](O[C@H]2[C@@H](O[C@H]3CC[C@@]4(C)[C@@H](CC[C@]5(C)[C@@H]4CC=C4C6CC(C)(C)CC[C@]6(C(=O)O[C@@H]6O[C@H](CO[C@@H]7O[C@H](CO)[C@@H](O[C@@H]8O[C@@H](C)[C@H](O)[C@@H](O)[C@H]8O)[C@H](O)[C@H]7O)[C@@H](O)[C@H](O)[C@H]6O)CC[C@]45C)[C@]3(C)CO)OC[C@H](O[C@@H]3O[C@H](CO)[C@@H](O)[C@H](O)[C@H]3O)[C@@H]2O)[C@H](O)[C@H](O)[C@H]1O. The Morgan fingerprint density at radius 1 is 0.500 bits per heavy atom. The molecule has 11 rings (SSSR count). The molecule has 5 aliphatic carbocycles. The number of esters is 1. The molecular weight excluding hydrogens is 1280 g/mol. The molecule has 38 atom stereocenters. The van der Waals surface area contributed by atoms with Crippen molar-refractivity contribution in [3.05, 3.63) is 11.6 Å². The molecule has 0 spiro atoms. The number of fused-ring (bicyclic) bond motifs is 7. The lowest BCUT2D eigenvalue weighted by molar-refractivity contribution is -0.381. The fraction of sp³-hybridized carbons (Fsp3) is 0.954. The van der Waals surface area contributed by atoms with Crippen LogP contribution in [0.2, 0.25) is 0 Å². The molecule has 0 aromatic carbocycles. The molecule has 0 aromatic rings. The van der Waals surface area contributed by atoms with E-state index in [1.807, 2.05) is 6.92 Å². The number of hydrogen-bond donors (Lipinski definition) is 18. The fourth-order valence-electron chi connectivity index (χ4n) is 19.0. The summed E-state index contributed by atoms with van der Waals surface area (Å²) in [6.07, 6.45) is -40.2. The van der Waals surface area contributed by atoms with Gasteiger partial charge in [0.25, 0.3) is 0 Å². The van der Waals surface area contributed by atoms with Gasteiger partial charge in [0.05, 0.1) is 56.8 Å². The second-order valence-corrected chi connectivity index (χ2v) is 31.3. The smallest absolute Gasteiger partial charge is 0.315 e. The summed E-state index contributed by atoms with van der Waals surface area (Å²) in [5.41, 5.74) is -2.40. The summed E-state index contributed by atoms with van der Waals surface area (Å²) >= 11 is 0. The van der Waals surface area contributed by atoms with Crippen molar-refractivity contribution in [2.75, 3.05) is 33.0 Å². The zero-order valence-corrected chi connectivity index (χ0v) is 55.6. The Morgan fingerprint density at radius 2 is 1.03 bits per heavy atom. The molecule has 96 heavy (non-hydrogen) atoms. The summed E-state index contributed by atoms with van der Waals surface area (Å²) in [6.45, 7) is 13.1. The Labute approximate surface area is 556 Å². The van der Waals surface area contributed by atoms with Crippen molar-refractivity contribution < 1.29 is 154 Å². The van der Waals surface area contributed by atoms with Crippen molar-refractivity contribution >= 4 is 5.97 Å². The zero-order valence-electron chi connectivity index (χ0n) is 55.6. The van der Waals surface area contributed by atoms with E-state index in [4.69, 9.17) is 56.8 Å². The van der Waals surface area contributed by atoms with Gasteiger partial charge in [-0.05, 0) is 117 Å². The lowest BCUT2D eigenvalue weighted by Crippen LogP contribution is -2.67. The molecule has 18 N–H and O–H groups in total. The molecule has 6 heterocycles. The predicted molar refractivity (Wildman–Crippen MR) is 321 cm³/mol. The molecule has 10 fully saturated rings. The maximum atomic E-state index is 15.3. The van der Waals surface area contributed by atoms with Crippen molar-refractivity contribution in [2.24, 2.45) is 50.2 Å². The minimum Gasteiger partial charge on any atom is -0.432 e. The van der Waals surface area contributed by atoms with E-state index in [1.54, 1.807) is 0 Å². The van der Waals surface area contributed by atoms with E-state index in [1.165, 1.54) is 13.8 Å². The second kappa shape index (κ2) is 28.3. The van der Waals surface area contributed by atoms with Crippen LogP contribution < -0.4 is 0 Å². The highest BCUT2D eigenvalue weighted by Gasteiger charge is 2.71. The van der Waals surface area contributed by atoms with Crippen LogP contribution in [0.5, 0.6) is 0 Å². The summed E-state index contributed by atoms with van der Waals surface area (Å²) in [5, 5.41) is 196. The van der Waals surface area contributed by atoms with Crippen LogP contribution in [0, 0.1) is 50.2 Å². The molecule has 31 heteroatoms. The molecule has 0 bridgehead atoms. The third-order valence-electron chi connectivity index (χ3n) is 25.3. The number of carbonyl (C=O) groups excluding carboxylic acids is 1. The first-order valence-corrected chi connectivity index (χ1v) is 34.1. The third kappa shape index (κ3) is 12.8. The second-order valence-electron chi connectivity index (χ2n) is 31.3. The number of carbonyl (C=O) groups is 1. The molecule has 4 saturated carbocycles. The van der Waals surface area contributed by atoms with Crippen molar-refractivity contribution in [2.45, 2.75) is 304 Å². The molecule has 0 radical (unpaired) electrons.